The van der Waals surface area contributed by atoms with Crippen molar-refractivity contribution >= 4 is 17.5 Å². The molecule has 0 saturated heterocycles. The van der Waals surface area contributed by atoms with Crippen LogP contribution >= 0.6 is 0 Å². The van der Waals surface area contributed by atoms with E-state index in [0.29, 0.717) is 11.6 Å². The van der Waals surface area contributed by atoms with Crippen LogP contribution in [0.4, 0.5) is 16.0 Å². The zero-order valence-corrected chi connectivity index (χ0v) is 13.5. The van der Waals surface area contributed by atoms with E-state index in [1.165, 1.54) is 12.3 Å². The Balaban J connectivity index is 1.47. The predicted octanol–water partition coefficient (Wildman–Crippen LogP) is 2.28. The molecule has 24 heavy (non-hydrogen) atoms. The summed E-state index contributed by atoms with van der Waals surface area (Å²) in [7, 11) is 0. The van der Waals surface area contributed by atoms with Crippen LogP contribution in [0.1, 0.15) is 32.4 Å². The number of fused-ring (bicyclic) bond motifs is 1. The molecule has 0 bridgehead atoms. The standard InChI is InChI=1S/C17H18FN5O/c1-17(2)14-15(20-6-5-19-14)23(16(17)24)12-7-11(8-12)22-13-4-3-10(18)9-21-13/h3-6,9,11-12H,7-8H2,1-2H3,(H,21,22). The quantitative estimate of drug-likeness (QED) is 0.936. The third kappa shape index (κ3) is 2.23. The van der Waals surface area contributed by atoms with E-state index in [-0.39, 0.29) is 23.8 Å². The number of rotatable bonds is 3. The molecule has 0 atom stereocenters. The van der Waals surface area contributed by atoms with Gasteiger partial charge in [0.15, 0.2) is 5.82 Å². The lowest BCUT2D eigenvalue weighted by molar-refractivity contribution is -0.123. The van der Waals surface area contributed by atoms with Gasteiger partial charge in [-0.05, 0) is 38.8 Å². The molecule has 0 aromatic carbocycles. The van der Waals surface area contributed by atoms with Gasteiger partial charge in [-0.3, -0.25) is 14.7 Å². The van der Waals surface area contributed by atoms with Crippen LogP contribution in [0, 0.1) is 5.82 Å². The van der Waals surface area contributed by atoms with Gasteiger partial charge in [0.25, 0.3) is 0 Å². The van der Waals surface area contributed by atoms with Gasteiger partial charge in [0.1, 0.15) is 11.6 Å². The summed E-state index contributed by atoms with van der Waals surface area (Å²) in [6.45, 7) is 3.78. The molecule has 1 N–H and O–H groups in total. The van der Waals surface area contributed by atoms with Crippen LogP contribution in [0.5, 0.6) is 0 Å². The number of anilines is 2. The highest BCUT2D eigenvalue weighted by Crippen LogP contribution is 2.43. The first-order valence-corrected chi connectivity index (χ1v) is 8.00. The van der Waals surface area contributed by atoms with Crippen LogP contribution in [-0.4, -0.2) is 32.9 Å². The van der Waals surface area contributed by atoms with Crippen molar-refractivity contribution < 1.29 is 9.18 Å². The second-order valence-electron chi connectivity index (χ2n) is 6.86. The third-order valence-electron chi connectivity index (χ3n) is 4.81. The highest BCUT2D eigenvalue weighted by molar-refractivity contribution is 6.06. The molecule has 1 aliphatic carbocycles. The number of halogens is 1. The molecule has 0 unspecified atom stereocenters. The van der Waals surface area contributed by atoms with Crippen molar-refractivity contribution in [3.8, 4) is 0 Å². The summed E-state index contributed by atoms with van der Waals surface area (Å²) in [4.78, 5) is 27.3. The molecule has 2 aromatic rings. The Kier molecular flexibility index (Phi) is 3.26. The number of carbonyl (C=O) groups excluding carboxylic acids is 1. The van der Waals surface area contributed by atoms with Gasteiger partial charge in [0.05, 0.1) is 17.3 Å². The maximum atomic E-state index is 12.9. The van der Waals surface area contributed by atoms with E-state index in [2.05, 4.69) is 20.3 Å². The summed E-state index contributed by atoms with van der Waals surface area (Å²) in [5.41, 5.74) is 0.104. The first-order chi connectivity index (χ1) is 11.5. The average Bonchev–Trinajstić information content (AvgIpc) is 2.73. The predicted molar refractivity (Wildman–Crippen MR) is 87.2 cm³/mol. The number of nitrogens with zero attached hydrogens (tertiary/aromatic N) is 4. The van der Waals surface area contributed by atoms with Crippen LogP contribution in [0.2, 0.25) is 0 Å². The second-order valence-corrected chi connectivity index (χ2v) is 6.86. The minimum Gasteiger partial charge on any atom is -0.367 e. The van der Waals surface area contributed by atoms with Gasteiger partial charge in [0.2, 0.25) is 5.91 Å². The second kappa shape index (κ2) is 5.22. The molecule has 2 aromatic heterocycles. The number of hydrogen-bond acceptors (Lipinski definition) is 5. The molecule has 1 amide bonds. The molecular formula is C17H18FN5O. The van der Waals surface area contributed by atoms with E-state index in [4.69, 9.17) is 0 Å². The third-order valence-corrected chi connectivity index (χ3v) is 4.81. The zero-order valence-electron chi connectivity index (χ0n) is 13.5. The molecule has 1 fully saturated rings. The van der Waals surface area contributed by atoms with Crippen molar-refractivity contribution in [3.05, 3.63) is 42.2 Å². The summed E-state index contributed by atoms with van der Waals surface area (Å²) in [5.74, 6) is 1.02. The van der Waals surface area contributed by atoms with E-state index < -0.39 is 5.41 Å². The number of hydrogen-bond donors (Lipinski definition) is 1. The Labute approximate surface area is 139 Å². The molecule has 4 rings (SSSR count). The lowest BCUT2D eigenvalue weighted by Gasteiger charge is -2.41. The van der Waals surface area contributed by atoms with Crippen molar-refractivity contribution in [3.63, 3.8) is 0 Å². The summed E-state index contributed by atoms with van der Waals surface area (Å²) >= 11 is 0. The monoisotopic (exact) mass is 327 g/mol. The normalized spacial score (nSPS) is 24.5. The molecule has 2 aliphatic rings. The van der Waals surface area contributed by atoms with Crippen molar-refractivity contribution in [1.82, 2.24) is 15.0 Å². The van der Waals surface area contributed by atoms with Crippen molar-refractivity contribution in [2.24, 2.45) is 0 Å². The topological polar surface area (TPSA) is 71.0 Å². The van der Waals surface area contributed by atoms with Crippen LogP contribution < -0.4 is 10.2 Å². The minimum atomic E-state index is -0.638. The molecule has 6 nitrogen and oxygen atoms in total. The van der Waals surface area contributed by atoms with E-state index in [1.54, 1.807) is 23.4 Å². The first kappa shape index (κ1) is 15.0. The maximum Gasteiger partial charge on any atom is 0.240 e. The zero-order chi connectivity index (χ0) is 16.9. The Bertz CT molecular complexity index is 786. The van der Waals surface area contributed by atoms with Gasteiger partial charge in [-0.2, -0.15) is 0 Å². The lowest BCUT2D eigenvalue weighted by atomic mass is 9.84. The van der Waals surface area contributed by atoms with Gasteiger partial charge in [0, 0.05) is 24.5 Å². The van der Waals surface area contributed by atoms with Crippen molar-refractivity contribution in [1.29, 1.82) is 0 Å². The van der Waals surface area contributed by atoms with E-state index in [9.17, 15) is 9.18 Å². The van der Waals surface area contributed by atoms with Crippen molar-refractivity contribution in [2.45, 2.75) is 44.2 Å². The molecule has 3 heterocycles. The summed E-state index contributed by atoms with van der Waals surface area (Å²) in [6.07, 6.45) is 6.05. The average molecular weight is 327 g/mol. The Morgan fingerprint density at radius 2 is 1.96 bits per heavy atom. The SMILES string of the molecule is CC1(C)C(=O)N(C2CC(Nc3ccc(F)cn3)C2)c2nccnc21. The fraction of sp³-hybridized carbons (Fsp3) is 0.412. The van der Waals surface area contributed by atoms with Crippen LogP contribution in [0.25, 0.3) is 0 Å². The Hall–Kier alpha value is -2.57. The van der Waals surface area contributed by atoms with Gasteiger partial charge in [-0.15, -0.1) is 0 Å². The highest BCUT2D eigenvalue weighted by atomic mass is 19.1. The smallest absolute Gasteiger partial charge is 0.240 e. The summed E-state index contributed by atoms with van der Waals surface area (Å²) < 4.78 is 12.9. The maximum absolute atomic E-state index is 12.9. The Morgan fingerprint density at radius 1 is 1.21 bits per heavy atom. The van der Waals surface area contributed by atoms with Gasteiger partial charge in [-0.25, -0.2) is 14.4 Å². The fourth-order valence-electron chi connectivity index (χ4n) is 3.37. The lowest BCUT2D eigenvalue weighted by Crippen LogP contribution is -2.53. The number of aromatic nitrogens is 3. The number of pyridine rings is 1. The van der Waals surface area contributed by atoms with Crippen LogP contribution in [0.3, 0.4) is 0 Å². The van der Waals surface area contributed by atoms with E-state index in [0.717, 1.165) is 18.5 Å². The van der Waals surface area contributed by atoms with Gasteiger partial charge in [-0.1, -0.05) is 0 Å². The molecule has 7 heteroatoms. The molecule has 0 spiro atoms. The van der Waals surface area contributed by atoms with Crippen LogP contribution in [0.15, 0.2) is 30.7 Å². The molecule has 0 radical (unpaired) electrons. The van der Waals surface area contributed by atoms with E-state index >= 15 is 0 Å². The van der Waals surface area contributed by atoms with Gasteiger partial charge < -0.3 is 5.32 Å². The summed E-state index contributed by atoms with van der Waals surface area (Å²) in [5, 5.41) is 3.27. The number of carbonyl (C=O) groups is 1. The largest absolute Gasteiger partial charge is 0.367 e. The Morgan fingerprint density at radius 3 is 2.67 bits per heavy atom. The fourth-order valence-corrected chi connectivity index (χ4v) is 3.37. The number of nitrogens with one attached hydrogen (secondary N) is 1. The van der Waals surface area contributed by atoms with Crippen molar-refractivity contribution in [2.75, 3.05) is 10.2 Å². The van der Waals surface area contributed by atoms with Crippen LogP contribution in [-0.2, 0) is 10.2 Å². The van der Waals surface area contributed by atoms with E-state index in [1.807, 2.05) is 13.8 Å². The van der Waals surface area contributed by atoms with Gasteiger partial charge >= 0.3 is 0 Å². The molecule has 1 aliphatic heterocycles. The minimum absolute atomic E-state index is 0.0482. The molecule has 1 saturated carbocycles. The first-order valence-electron chi connectivity index (χ1n) is 8.00. The highest BCUT2D eigenvalue weighted by Gasteiger charge is 2.51. The molecule has 124 valence electrons. The summed E-state index contributed by atoms with van der Waals surface area (Å²) in [6, 6.07) is 3.31. The molecular weight excluding hydrogens is 309 g/mol. The number of amides is 1.